The maximum atomic E-state index is 14.2. The van der Waals surface area contributed by atoms with Crippen molar-refractivity contribution in [3.63, 3.8) is 0 Å². The third kappa shape index (κ3) is 4.84. The second-order valence-corrected chi connectivity index (χ2v) is 10.8. The predicted molar refractivity (Wildman–Crippen MR) is 158 cm³/mol. The Kier molecular flexibility index (Phi) is 6.26. The van der Waals surface area contributed by atoms with Crippen LogP contribution in [0.15, 0.2) is 67.1 Å². The van der Waals surface area contributed by atoms with E-state index in [4.69, 9.17) is 4.98 Å². The fourth-order valence-corrected chi connectivity index (χ4v) is 5.78. The lowest BCUT2D eigenvalue weighted by Gasteiger charge is -2.20. The molecule has 6 aromatic rings. The molecule has 4 heterocycles. The van der Waals surface area contributed by atoms with Crippen LogP contribution in [0.3, 0.4) is 0 Å². The van der Waals surface area contributed by atoms with Gasteiger partial charge in [0, 0.05) is 28.6 Å². The Bertz CT molecular complexity index is 1900. The van der Waals surface area contributed by atoms with Crippen molar-refractivity contribution in [2.24, 2.45) is 5.92 Å². The Morgan fingerprint density at radius 3 is 2.71 bits per heavy atom. The number of H-pyrrole nitrogens is 2. The molecule has 8 nitrogen and oxygen atoms in total. The summed E-state index contributed by atoms with van der Waals surface area (Å²) in [5, 5.41) is 11.5. The molecular formula is C32H28FN7O. The number of rotatable bonds is 5. The number of hydrogen-bond donors (Lipinski definition) is 3. The van der Waals surface area contributed by atoms with Crippen molar-refractivity contribution in [1.82, 2.24) is 30.1 Å². The third-order valence-corrected chi connectivity index (χ3v) is 7.81. The molecule has 0 unspecified atom stereocenters. The molecule has 1 aliphatic rings. The van der Waals surface area contributed by atoms with Crippen molar-refractivity contribution >= 4 is 33.5 Å². The van der Waals surface area contributed by atoms with Crippen LogP contribution >= 0.6 is 0 Å². The highest BCUT2D eigenvalue weighted by Gasteiger charge is 2.21. The molecule has 0 bridgehead atoms. The number of nitrogens with one attached hydrogen (secondary N) is 3. The number of carbonyl (C=O) groups excluding carboxylic acids is 1. The monoisotopic (exact) mass is 545 g/mol. The molecular weight excluding hydrogens is 517 g/mol. The summed E-state index contributed by atoms with van der Waals surface area (Å²) in [6.07, 6.45) is 10.4. The quantitative estimate of drug-likeness (QED) is 0.212. The molecule has 1 aliphatic carbocycles. The van der Waals surface area contributed by atoms with Gasteiger partial charge in [-0.1, -0.05) is 37.5 Å². The van der Waals surface area contributed by atoms with Crippen LogP contribution in [0.4, 0.5) is 10.1 Å². The van der Waals surface area contributed by atoms with Gasteiger partial charge >= 0.3 is 0 Å². The maximum Gasteiger partial charge on any atom is 0.227 e. The van der Waals surface area contributed by atoms with Gasteiger partial charge in [0.15, 0.2) is 5.82 Å². The van der Waals surface area contributed by atoms with Crippen molar-refractivity contribution in [1.29, 1.82) is 0 Å². The molecule has 3 N–H and O–H groups in total. The molecule has 204 valence electrons. The van der Waals surface area contributed by atoms with Crippen LogP contribution in [0.2, 0.25) is 0 Å². The lowest BCUT2D eigenvalue weighted by atomic mass is 9.88. The smallest absolute Gasteiger partial charge is 0.227 e. The number of halogens is 1. The number of amides is 1. The van der Waals surface area contributed by atoms with E-state index in [0.717, 1.165) is 69.9 Å². The van der Waals surface area contributed by atoms with Crippen LogP contribution in [0.1, 0.15) is 37.7 Å². The van der Waals surface area contributed by atoms with E-state index in [9.17, 15) is 9.18 Å². The SMILES string of the molecule is Cc1cc(F)cc(-c2cccc3[nH]c(-c4n[nH]c5cnc(-c6cncc(NC(=O)C7CCCCC7)c6)cc45)nc23)c1. The molecule has 41 heavy (non-hydrogen) atoms. The Balaban J connectivity index is 1.23. The molecule has 0 radical (unpaired) electrons. The number of anilines is 1. The average molecular weight is 546 g/mol. The van der Waals surface area contributed by atoms with Crippen molar-refractivity contribution < 1.29 is 9.18 Å². The molecule has 0 aliphatic heterocycles. The zero-order chi connectivity index (χ0) is 27.9. The first kappa shape index (κ1) is 25.1. The number of pyridine rings is 2. The maximum absolute atomic E-state index is 14.2. The number of aromatic amines is 2. The van der Waals surface area contributed by atoms with E-state index in [0.29, 0.717) is 22.9 Å². The molecule has 1 amide bonds. The summed E-state index contributed by atoms with van der Waals surface area (Å²) in [5.41, 5.74) is 7.58. The van der Waals surface area contributed by atoms with Crippen molar-refractivity contribution in [2.75, 3.05) is 5.32 Å². The minimum absolute atomic E-state index is 0.0573. The van der Waals surface area contributed by atoms with E-state index in [-0.39, 0.29) is 17.6 Å². The highest BCUT2D eigenvalue weighted by molar-refractivity contribution is 5.98. The molecule has 2 aromatic carbocycles. The van der Waals surface area contributed by atoms with E-state index >= 15 is 0 Å². The fourth-order valence-electron chi connectivity index (χ4n) is 5.78. The van der Waals surface area contributed by atoms with Crippen molar-refractivity contribution in [3.05, 3.63) is 78.5 Å². The lowest BCUT2D eigenvalue weighted by Crippen LogP contribution is -2.24. The number of aryl methyl sites for hydroxylation is 1. The zero-order valence-corrected chi connectivity index (χ0v) is 22.5. The molecule has 0 spiro atoms. The second-order valence-electron chi connectivity index (χ2n) is 10.8. The highest BCUT2D eigenvalue weighted by Crippen LogP contribution is 2.33. The summed E-state index contributed by atoms with van der Waals surface area (Å²) in [4.78, 5) is 30.0. The Hall–Kier alpha value is -4.92. The number of nitrogens with zero attached hydrogens (tertiary/aromatic N) is 4. The molecule has 4 aromatic heterocycles. The molecule has 9 heteroatoms. The Morgan fingerprint density at radius 2 is 1.85 bits per heavy atom. The number of carbonyl (C=O) groups is 1. The predicted octanol–water partition coefficient (Wildman–Crippen LogP) is 7.20. The number of benzene rings is 2. The molecule has 7 rings (SSSR count). The van der Waals surface area contributed by atoms with Crippen LogP contribution in [0.25, 0.3) is 55.8 Å². The summed E-state index contributed by atoms with van der Waals surface area (Å²) in [5.74, 6) is 0.431. The van der Waals surface area contributed by atoms with Gasteiger partial charge in [-0.25, -0.2) is 9.37 Å². The summed E-state index contributed by atoms with van der Waals surface area (Å²) in [6, 6.07) is 14.7. The van der Waals surface area contributed by atoms with Gasteiger partial charge < -0.3 is 10.3 Å². The summed E-state index contributed by atoms with van der Waals surface area (Å²) in [6.45, 7) is 1.88. The lowest BCUT2D eigenvalue weighted by molar-refractivity contribution is -0.120. The van der Waals surface area contributed by atoms with Crippen LogP contribution < -0.4 is 5.32 Å². The Labute approximate surface area is 235 Å². The van der Waals surface area contributed by atoms with Gasteiger partial charge in [-0.3, -0.25) is 19.9 Å². The van der Waals surface area contributed by atoms with Gasteiger partial charge in [0.2, 0.25) is 5.91 Å². The standard InChI is InChI=1S/C32H28FN7O/c1-18-10-20(12-22(33)11-18)24-8-5-9-26-29(24)38-31(37-26)30-25-14-27(35-17-28(25)39-40-30)21-13-23(16-34-15-21)36-32(41)19-6-3-2-4-7-19/h5,8-17,19H,2-4,6-7H2,1H3,(H,36,41)(H,37,38)(H,39,40). The molecule has 1 saturated carbocycles. The normalized spacial score (nSPS) is 14.1. The summed E-state index contributed by atoms with van der Waals surface area (Å²) < 4.78 is 14.2. The molecule has 1 fully saturated rings. The van der Waals surface area contributed by atoms with E-state index in [2.05, 4.69) is 30.5 Å². The van der Waals surface area contributed by atoms with E-state index in [1.54, 1.807) is 18.6 Å². The van der Waals surface area contributed by atoms with Crippen LogP contribution in [0.5, 0.6) is 0 Å². The second kappa shape index (κ2) is 10.2. The minimum Gasteiger partial charge on any atom is -0.337 e. The summed E-state index contributed by atoms with van der Waals surface area (Å²) >= 11 is 0. The average Bonchev–Trinajstić information content (AvgIpc) is 3.61. The first-order valence-electron chi connectivity index (χ1n) is 13.9. The fraction of sp³-hybridized carbons (Fsp3) is 0.219. The van der Waals surface area contributed by atoms with E-state index in [1.807, 2.05) is 43.3 Å². The number of imidazole rings is 1. The van der Waals surface area contributed by atoms with Crippen molar-refractivity contribution in [2.45, 2.75) is 39.0 Å². The van der Waals surface area contributed by atoms with Gasteiger partial charge in [0.25, 0.3) is 0 Å². The van der Waals surface area contributed by atoms with E-state index in [1.165, 1.54) is 18.6 Å². The number of aromatic nitrogens is 6. The Morgan fingerprint density at radius 1 is 0.976 bits per heavy atom. The minimum atomic E-state index is -0.279. The molecule has 0 saturated heterocycles. The van der Waals surface area contributed by atoms with Gasteiger partial charge in [-0.05, 0) is 61.2 Å². The van der Waals surface area contributed by atoms with Gasteiger partial charge in [-0.2, -0.15) is 5.10 Å². The van der Waals surface area contributed by atoms with Crippen LogP contribution in [-0.4, -0.2) is 36.0 Å². The number of para-hydroxylation sites is 1. The van der Waals surface area contributed by atoms with Gasteiger partial charge in [-0.15, -0.1) is 0 Å². The summed E-state index contributed by atoms with van der Waals surface area (Å²) in [7, 11) is 0. The van der Waals surface area contributed by atoms with Crippen LogP contribution in [0, 0.1) is 18.7 Å². The van der Waals surface area contributed by atoms with Gasteiger partial charge in [0.05, 0.1) is 40.3 Å². The van der Waals surface area contributed by atoms with Crippen LogP contribution in [-0.2, 0) is 4.79 Å². The van der Waals surface area contributed by atoms with E-state index < -0.39 is 0 Å². The zero-order valence-electron chi connectivity index (χ0n) is 22.5. The number of hydrogen-bond acceptors (Lipinski definition) is 5. The largest absolute Gasteiger partial charge is 0.337 e. The third-order valence-electron chi connectivity index (χ3n) is 7.81. The molecule has 0 atom stereocenters. The van der Waals surface area contributed by atoms with Gasteiger partial charge in [0.1, 0.15) is 11.5 Å². The topological polar surface area (TPSA) is 112 Å². The van der Waals surface area contributed by atoms with Crippen molar-refractivity contribution in [3.8, 4) is 33.9 Å². The first-order chi connectivity index (χ1) is 20.0. The highest BCUT2D eigenvalue weighted by atomic mass is 19.1. The first-order valence-corrected chi connectivity index (χ1v) is 13.9. The number of fused-ring (bicyclic) bond motifs is 2.